The highest BCUT2D eigenvalue weighted by molar-refractivity contribution is 7.07. The Bertz CT molecular complexity index is 1810. The number of carbonyl (C=O) groups is 1. The van der Waals surface area contributed by atoms with Gasteiger partial charge in [-0.05, 0) is 56.0 Å². The molecule has 206 valence electrons. The smallest absolute Gasteiger partial charge is 0.338 e. The number of allylic oxidation sites excluding steroid dienone is 1. The van der Waals surface area contributed by atoms with E-state index in [0.717, 1.165) is 48.2 Å². The quantitative estimate of drug-likeness (QED) is 0.324. The topological polar surface area (TPSA) is 86.3 Å². The standard InChI is InChI=1S/C31H31N3O5S/c1-4-38-30(36)26-19(2)32-31-34(28(26)27-22-11-7-6-10-20(22)12-14-23(27)37-3)29(35)24(40-31)18-21-13-15-25(39-21)33-16-8-5-9-17-33/h6-7,10-15,18,28H,4-5,8-9,16-17H2,1-3H3. The van der Waals surface area contributed by atoms with Gasteiger partial charge in [0.25, 0.3) is 5.56 Å². The summed E-state index contributed by atoms with van der Waals surface area (Å²) in [7, 11) is 1.59. The molecule has 2 aromatic carbocycles. The Morgan fingerprint density at radius 2 is 1.93 bits per heavy atom. The fourth-order valence-corrected chi connectivity index (χ4v) is 6.66. The summed E-state index contributed by atoms with van der Waals surface area (Å²) in [4.78, 5) is 34.9. The van der Waals surface area contributed by atoms with Crippen molar-refractivity contribution in [2.45, 2.75) is 39.2 Å². The van der Waals surface area contributed by atoms with E-state index in [2.05, 4.69) is 4.90 Å². The van der Waals surface area contributed by atoms with Crippen LogP contribution in [0.2, 0.25) is 0 Å². The molecule has 40 heavy (non-hydrogen) atoms. The first-order valence-corrected chi connectivity index (χ1v) is 14.4. The number of hydrogen-bond acceptors (Lipinski definition) is 8. The van der Waals surface area contributed by atoms with E-state index in [1.807, 2.05) is 48.5 Å². The van der Waals surface area contributed by atoms with Crippen molar-refractivity contribution in [1.82, 2.24) is 4.57 Å². The molecule has 1 fully saturated rings. The largest absolute Gasteiger partial charge is 0.496 e. The normalized spacial score (nSPS) is 17.6. The Kier molecular flexibility index (Phi) is 7.06. The number of thiazole rings is 1. The van der Waals surface area contributed by atoms with E-state index in [1.165, 1.54) is 17.8 Å². The number of nitrogens with zero attached hydrogens (tertiary/aromatic N) is 3. The fraction of sp³-hybridized carbons (Fsp3) is 0.323. The number of hydrogen-bond donors (Lipinski definition) is 0. The van der Waals surface area contributed by atoms with Crippen LogP contribution in [0.3, 0.4) is 0 Å². The van der Waals surface area contributed by atoms with Crippen molar-refractivity contribution < 1.29 is 18.7 Å². The molecule has 0 saturated carbocycles. The molecule has 6 rings (SSSR count). The number of fused-ring (bicyclic) bond motifs is 2. The number of rotatable bonds is 6. The van der Waals surface area contributed by atoms with Crippen LogP contribution in [0.5, 0.6) is 5.75 Å². The zero-order chi connectivity index (χ0) is 27.8. The molecule has 0 spiro atoms. The van der Waals surface area contributed by atoms with Crippen LogP contribution in [0.15, 0.2) is 74.0 Å². The molecule has 0 bridgehead atoms. The number of furan rings is 1. The maximum Gasteiger partial charge on any atom is 0.338 e. The highest BCUT2D eigenvalue weighted by Crippen LogP contribution is 2.40. The Hall–Kier alpha value is -4.11. The van der Waals surface area contributed by atoms with Crippen molar-refractivity contribution in [3.05, 3.63) is 90.8 Å². The zero-order valence-corrected chi connectivity index (χ0v) is 23.6. The lowest BCUT2D eigenvalue weighted by Gasteiger charge is -2.27. The predicted octanol–water partition coefficient (Wildman–Crippen LogP) is 4.54. The van der Waals surface area contributed by atoms with Gasteiger partial charge in [-0.3, -0.25) is 9.36 Å². The van der Waals surface area contributed by atoms with E-state index in [9.17, 15) is 9.59 Å². The molecule has 0 N–H and O–H groups in total. The van der Waals surface area contributed by atoms with Gasteiger partial charge in [0.2, 0.25) is 0 Å². The summed E-state index contributed by atoms with van der Waals surface area (Å²) >= 11 is 1.28. The lowest BCUT2D eigenvalue weighted by atomic mass is 9.90. The van der Waals surface area contributed by atoms with E-state index < -0.39 is 12.0 Å². The minimum Gasteiger partial charge on any atom is -0.496 e. The van der Waals surface area contributed by atoms with Crippen LogP contribution in [0, 0.1) is 0 Å². The molecule has 8 nitrogen and oxygen atoms in total. The molecule has 4 aromatic rings. The van der Waals surface area contributed by atoms with Crippen LogP contribution in [-0.4, -0.2) is 37.3 Å². The summed E-state index contributed by atoms with van der Waals surface area (Å²) in [5, 5.41) is 1.86. The number of ether oxygens (including phenoxy) is 2. The second kappa shape index (κ2) is 10.8. The van der Waals surface area contributed by atoms with Gasteiger partial charge < -0.3 is 18.8 Å². The first-order chi connectivity index (χ1) is 19.5. The van der Waals surface area contributed by atoms with Crippen molar-refractivity contribution in [1.29, 1.82) is 0 Å². The third-order valence-corrected chi connectivity index (χ3v) is 8.48. The molecule has 2 aliphatic heterocycles. The number of aromatic nitrogens is 1. The van der Waals surface area contributed by atoms with Gasteiger partial charge in [-0.25, -0.2) is 9.79 Å². The van der Waals surface area contributed by atoms with Gasteiger partial charge in [-0.1, -0.05) is 41.7 Å². The summed E-state index contributed by atoms with van der Waals surface area (Å²) < 4.78 is 19.5. The predicted molar refractivity (Wildman–Crippen MR) is 156 cm³/mol. The molecule has 1 saturated heterocycles. The summed E-state index contributed by atoms with van der Waals surface area (Å²) in [5.74, 6) is 1.49. The average Bonchev–Trinajstić information content (AvgIpc) is 3.56. The maximum absolute atomic E-state index is 14.1. The monoisotopic (exact) mass is 557 g/mol. The van der Waals surface area contributed by atoms with Crippen molar-refractivity contribution in [2.24, 2.45) is 4.99 Å². The second-order valence-corrected chi connectivity index (χ2v) is 10.9. The van der Waals surface area contributed by atoms with Crippen molar-refractivity contribution in [3.8, 4) is 5.75 Å². The van der Waals surface area contributed by atoms with E-state index in [1.54, 1.807) is 31.6 Å². The van der Waals surface area contributed by atoms with E-state index >= 15 is 0 Å². The van der Waals surface area contributed by atoms with Gasteiger partial charge in [-0.15, -0.1) is 0 Å². The molecule has 4 heterocycles. The Morgan fingerprint density at radius 1 is 1.12 bits per heavy atom. The second-order valence-electron chi connectivity index (χ2n) is 9.93. The molecule has 2 aliphatic rings. The highest BCUT2D eigenvalue weighted by atomic mass is 32.1. The number of anilines is 1. The molecule has 0 radical (unpaired) electrons. The lowest BCUT2D eigenvalue weighted by molar-refractivity contribution is -0.139. The average molecular weight is 558 g/mol. The molecule has 1 atom stereocenters. The number of piperidine rings is 1. The van der Waals surface area contributed by atoms with Crippen LogP contribution in [0.25, 0.3) is 16.8 Å². The van der Waals surface area contributed by atoms with Gasteiger partial charge in [0, 0.05) is 30.8 Å². The van der Waals surface area contributed by atoms with Crippen LogP contribution in [0.4, 0.5) is 5.88 Å². The van der Waals surface area contributed by atoms with E-state index in [4.69, 9.17) is 18.9 Å². The maximum atomic E-state index is 14.1. The molecule has 2 aromatic heterocycles. The van der Waals surface area contributed by atoms with Gasteiger partial charge in [0.15, 0.2) is 10.7 Å². The SMILES string of the molecule is CCOC(=O)C1=C(C)N=c2sc(=Cc3ccc(N4CCCCC4)o3)c(=O)n2C1c1c(OC)ccc2ccccc12. The van der Waals surface area contributed by atoms with Gasteiger partial charge in [-0.2, -0.15) is 0 Å². The lowest BCUT2D eigenvalue weighted by Crippen LogP contribution is -2.40. The van der Waals surface area contributed by atoms with E-state index in [-0.39, 0.29) is 12.2 Å². The van der Waals surface area contributed by atoms with Gasteiger partial charge in [0.1, 0.15) is 17.6 Å². The Balaban J connectivity index is 1.55. The Morgan fingerprint density at radius 3 is 2.70 bits per heavy atom. The number of methoxy groups -OCH3 is 1. The van der Waals surface area contributed by atoms with Crippen molar-refractivity contribution >= 4 is 40.0 Å². The first kappa shape index (κ1) is 26.1. The summed E-state index contributed by atoms with van der Waals surface area (Å²) in [5.41, 5.74) is 1.29. The first-order valence-electron chi connectivity index (χ1n) is 13.6. The fourth-order valence-electron chi connectivity index (χ4n) is 5.63. The van der Waals surface area contributed by atoms with E-state index in [0.29, 0.717) is 32.1 Å². The van der Waals surface area contributed by atoms with Crippen molar-refractivity contribution in [3.63, 3.8) is 0 Å². The molecule has 1 unspecified atom stereocenters. The summed E-state index contributed by atoms with van der Waals surface area (Å²) in [6.07, 6.45) is 5.29. The number of esters is 1. The zero-order valence-electron chi connectivity index (χ0n) is 22.8. The molecular formula is C31H31N3O5S. The molecular weight excluding hydrogens is 526 g/mol. The van der Waals surface area contributed by atoms with Crippen LogP contribution < -0.4 is 24.5 Å². The Labute approximate surface area is 235 Å². The number of carbonyl (C=O) groups excluding carboxylic acids is 1. The minimum absolute atomic E-state index is 0.206. The summed E-state index contributed by atoms with van der Waals surface area (Å²) in [6.45, 7) is 5.69. The summed E-state index contributed by atoms with van der Waals surface area (Å²) in [6, 6.07) is 14.8. The third-order valence-electron chi connectivity index (χ3n) is 7.49. The molecule has 0 amide bonds. The van der Waals surface area contributed by atoms with Gasteiger partial charge in [0.05, 0.1) is 29.5 Å². The van der Waals surface area contributed by atoms with Gasteiger partial charge >= 0.3 is 5.97 Å². The minimum atomic E-state index is -0.779. The molecule has 0 aliphatic carbocycles. The van der Waals surface area contributed by atoms with Crippen LogP contribution in [-0.2, 0) is 9.53 Å². The number of benzene rings is 2. The molecule has 9 heteroatoms. The van der Waals surface area contributed by atoms with Crippen LogP contribution in [0.1, 0.15) is 50.5 Å². The third kappa shape index (κ3) is 4.54. The van der Waals surface area contributed by atoms with Crippen molar-refractivity contribution in [2.75, 3.05) is 31.7 Å². The van der Waals surface area contributed by atoms with Crippen LogP contribution >= 0.6 is 11.3 Å². The highest BCUT2D eigenvalue weighted by Gasteiger charge is 2.36.